The molecule has 0 radical (unpaired) electrons. The zero-order chi connectivity index (χ0) is 16.6. The Morgan fingerprint density at radius 2 is 1.83 bits per heavy atom. The fraction of sp³-hybridized carbons (Fsp3) is 0.650. The fourth-order valence-electron chi connectivity index (χ4n) is 4.48. The largest absolute Gasteiger partial charge is 0.348 e. The van der Waals surface area contributed by atoms with Gasteiger partial charge in [0.2, 0.25) is 5.91 Å². The second kappa shape index (κ2) is 6.49. The SMILES string of the molecule is CC1Cc2ccccc2CN1C(=O)CC1CCC2(CC1)OCCO2. The highest BCUT2D eigenvalue weighted by Gasteiger charge is 2.41. The Kier molecular flexibility index (Phi) is 4.35. The van der Waals surface area contributed by atoms with Crippen LogP contribution in [0.2, 0.25) is 0 Å². The van der Waals surface area contributed by atoms with Gasteiger partial charge in [-0.3, -0.25) is 4.79 Å². The topological polar surface area (TPSA) is 38.8 Å². The molecule has 1 aromatic carbocycles. The van der Waals surface area contributed by atoms with Gasteiger partial charge in [-0.25, -0.2) is 0 Å². The van der Waals surface area contributed by atoms with Gasteiger partial charge in [-0.2, -0.15) is 0 Å². The van der Waals surface area contributed by atoms with Crippen molar-refractivity contribution in [2.45, 2.75) is 63.8 Å². The Bertz CT molecular complexity index is 599. The van der Waals surface area contributed by atoms with E-state index in [1.165, 1.54) is 11.1 Å². The van der Waals surface area contributed by atoms with Gasteiger partial charge in [-0.05, 0) is 43.2 Å². The molecular formula is C20H27NO3. The number of rotatable bonds is 2. The van der Waals surface area contributed by atoms with Crippen molar-refractivity contribution in [2.75, 3.05) is 13.2 Å². The van der Waals surface area contributed by atoms with Crippen molar-refractivity contribution >= 4 is 5.91 Å². The van der Waals surface area contributed by atoms with E-state index >= 15 is 0 Å². The van der Waals surface area contributed by atoms with Crippen LogP contribution >= 0.6 is 0 Å². The van der Waals surface area contributed by atoms with E-state index in [1.807, 2.05) is 0 Å². The molecule has 4 nitrogen and oxygen atoms in total. The highest BCUT2D eigenvalue weighted by Crippen LogP contribution is 2.39. The lowest BCUT2D eigenvalue weighted by Crippen LogP contribution is -2.44. The number of carbonyl (C=O) groups excluding carboxylic acids is 1. The van der Waals surface area contributed by atoms with Crippen LogP contribution < -0.4 is 0 Å². The first-order chi connectivity index (χ1) is 11.7. The predicted octanol–water partition coefficient (Wildman–Crippen LogP) is 3.28. The number of fused-ring (bicyclic) bond motifs is 1. The lowest BCUT2D eigenvalue weighted by Gasteiger charge is -2.38. The highest BCUT2D eigenvalue weighted by atomic mass is 16.7. The number of carbonyl (C=O) groups is 1. The molecule has 0 bridgehead atoms. The van der Waals surface area contributed by atoms with E-state index in [-0.39, 0.29) is 5.79 Å². The van der Waals surface area contributed by atoms with Crippen LogP contribution in [0, 0.1) is 5.92 Å². The summed E-state index contributed by atoms with van der Waals surface area (Å²) < 4.78 is 11.6. The van der Waals surface area contributed by atoms with Crippen molar-refractivity contribution in [3.8, 4) is 0 Å². The minimum atomic E-state index is -0.323. The molecule has 2 fully saturated rings. The first kappa shape index (κ1) is 16.1. The van der Waals surface area contributed by atoms with Gasteiger partial charge in [0.25, 0.3) is 0 Å². The smallest absolute Gasteiger partial charge is 0.223 e. The van der Waals surface area contributed by atoms with Gasteiger partial charge in [0.15, 0.2) is 5.79 Å². The minimum absolute atomic E-state index is 0.295. The van der Waals surface area contributed by atoms with E-state index in [2.05, 4.69) is 36.1 Å². The molecule has 1 aromatic rings. The van der Waals surface area contributed by atoms with E-state index in [9.17, 15) is 4.79 Å². The van der Waals surface area contributed by atoms with Gasteiger partial charge in [0, 0.05) is 31.8 Å². The normalized spacial score (nSPS) is 26.5. The van der Waals surface area contributed by atoms with Crippen molar-refractivity contribution in [2.24, 2.45) is 5.92 Å². The van der Waals surface area contributed by atoms with Gasteiger partial charge in [0.05, 0.1) is 13.2 Å². The maximum Gasteiger partial charge on any atom is 0.223 e. The number of hydrogen-bond acceptors (Lipinski definition) is 3. The molecule has 2 heterocycles. The molecule has 1 unspecified atom stereocenters. The molecule has 2 aliphatic heterocycles. The monoisotopic (exact) mass is 329 g/mol. The van der Waals surface area contributed by atoms with Crippen molar-refractivity contribution in [3.63, 3.8) is 0 Å². The summed E-state index contributed by atoms with van der Waals surface area (Å²) in [6.07, 6.45) is 5.57. The maximum absolute atomic E-state index is 12.9. The van der Waals surface area contributed by atoms with Gasteiger partial charge in [-0.1, -0.05) is 24.3 Å². The zero-order valence-electron chi connectivity index (χ0n) is 14.5. The number of benzene rings is 1. The van der Waals surface area contributed by atoms with E-state index < -0.39 is 0 Å². The molecule has 1 amide bonds. The summed E-state index contributed by atoms with van der Waals surface area (Å²) in [5, 5.41) is 0. The summed E-state index contributed by atoms with van der Waals surface area (Å²) in [5.74, 6) is 0.461. The molecule has 4 rings (SSSR count). The summed E-state index contributed by atoms with van der Waals surface area (Å²) in [4.78, 5) is 14.9. The Labute approximate surface area is 144 Å². The molecule has 4 heteroatoms. The summed E-state index contributed by atoms with van der Waals surface area (Å²) in [5.41, 5.74) is 2.70. The second-order valence-corrected chi connectivity index (χ2v) is 7.60. The summed E-state index contributed by atoms with van der Waals surface area (Å²) in [7, 11) is 0. The molecule has 1 atom stereocenters. The highest BCUT2D eigenvalue weighted by molar-refractivity contribution is 5.77. The lowest BCUT2D eigenvalue weighted by molar-refractivity contribution is -0.183. The third kappa shape index (κ3) is 3.09. The first-order valence-electron chi connectivity index (χ1n) is 9.29. The number of nitrogens with zero attached hydrogens (tertiary/aromatic N) is 1. The van der Waals surface area contributed by atoms with Gasteiger partial charge < -0.3 is 14.4 Å². The van der Waals surface area contributed by atoms with Gasteiger partial charge in [-0.15, -0.1) is 0 Å². The summed E-state index contributed by atoms with van der Waals surface area (Å²) >= 11 is 0. The van der Waals surface area contributed by atoms with E-state index in [0.29, 0.717) is 37.5 Å². The van der Waals surface area contributed by atoms with Crippen LogP contribution in [0.4, 0.5) is 0 Å². The predicted molar refractivity (Wildman–Crippen MR) is 91.4 cm³/mol. The third-order valence-electron chi connectivity index (χ3n) is 5.97. The van der Waals surface area contributed by atoms with Crippen molar-refractivity contribution in [3.05, 3.63) is 35.4 Å². The second-order valence-electron chi connectivity index (χ2n) is 7.60. The molecule has 3 aliphatic rings. The van der Waals surface area contributed by atoms with Crippen LogP contribution in [-0.4, -0.2) is 35.8 Å². The van der Waals surface area contributed by atoms with Crippen LogP contribution in [0.5, 0.6) is 0 Å². The molecule has 1 saturated heterocycles. The Morgan fingerprint density at radius 1 is 1.17 bits per heavy atom. The van der Waals surface area contributed by atoms with Crippen LogP contribution in [0.1, 0.15) is 50.2 Å². The van der Waals surface area contributed by atoms with E-state index in [4.69, 9.17) is 9.47 Å². The quantitative estimate of drug-likeness (QED) is 0.836. The lowest BCUT2D eigenvalue weighted by atomic mass is 9.82. The van der Waals surface area contributed by atoms with E-state index in [0.717, 1.165) is 38.6 Å². The van der Waals surface area contributed by atoms with Crippen LogP contribution in [0.15, 0.2) is 24.3 Å². The molecule has 1 saturated carbocycles. The fourth-order valence-corrected chi connectivity index (χ4v) is 4.48. The number of amides is 1. The maximum atomic E-state index is 12.9. The van der Waals surface area contributed by atoms with E-state index in [1.54, 1.807) is 0 Å². The Hall–Kier alpha value is -1.39. The van der Waals surface area contributed by atoms with Crippen molar-refractivity contribution in [1.29, 1.82) is 0 Å². The average Bonchev–Trinajstić information content (AvgIpc) is 3.05. The number of ether oxygens (including phenoxy) is 2. The molecule has 0 aromatic heterocycles. The van der Waals surface area contributed by atoms with Crippen molar-refractivity contribution in [1.82, 2.24) is 4.90 Å². The van der Waals surface area contributed by atoms with Crippen molar-refractivity contribution < 1.29 is 14.3 Å². The van der Waals surface area contributed by atoms with Crippen LogP contribution in [-0.2, 0) is 27.2 Å². The minimum Gasteiger partial charge on any atom is -0.348 e. The average molecular weight is 329 g/mol. The number of hydrogen-bond donors (Lipinski definition) is 0. The molecule has 24 heavy (non-hydrogen) atoms. The van der Waals surface area contributed by atoms with Crippen LogP contribution in [0.3, 0.4) is 0 Å². The molecule has 0 N–H and O–H groups in total. The zero-order valence-corrected chi connectivity index (χ0v) is 14.5. The molecular weight excluding hydrogens is 302 g/mol. The first-order valence-corrected chi connectivity index (χ1v) is 9.29. The third-order valence-corrected chi connectivity index (χ3v) is 5.97. The summed E-state index contributed by atoms with van der Waals surface area (Å²) in [6.45, 7) is 4.37. The molecule has 1 aliphatic carbocycles. The molecule has 130 valence electrons. The summed E-state index contributed by atoms with van der Waals surface area (Å²) in [6, 6.07) is 8.80. The van der Waals surface area contributed by atoms with Gasteiger partial charge in [0.1, 0.15) is 0 Å². The standard InChI is InChI=1S/C20H27NO3/c1-15-12-17-4-2-3-5-18(17)14-21(15)19(22)13-16-6-8-20(9-7-16)23-10-11-24-20/h2-5,15-16H,6-14H2,1H3. The molecule has 1 spiro atoms. The Morgan fingerprint density at radius 3 is 2.54 bits per heavy atom. The van der Waals surface area contributed by atoms with Gasteiger partial charge >= 0.3 is 0 Å². The van der Waals surface area contributed by atoms with Crippen LogP contribution in [0.25, 0.3) is 0 Å². The Balaban J connectivity index is 1.35.